The van der Waals surface area contributed by atoms with Crippen molar-refractivity contribution in [3.05, 3.63) is 59.9 Å². The number of aromatic nitrogens is 1. The summed E-state index contributed by atoms with van der Waals surface area (Å²) in [4.78, 5) is 4.19. The number of alkyl halides is 3. The van der Waals surface area contributed by atoms with Crippen LogP contribution in [0.5, 0.6) is 5.75 Å². The van der Waals surface area contributed by atoms with Crippen molar-refractivity contribution in [2.24, 2.45) is 0 Å². The molecular formula is C15H15F3N2O. The first-order valence-electron chi connectivity index (χ1n) is 6.48. The van der Waals surface area contributed by atoms with Crippen molar-refractivity contribution in [2.75, 3.05) is 6.54 Å². The van der Waals surface area contributed by atoms with Gasteiger partial charge in [0.15, 0.2) is 0 Å². The molecule has 1 heterocycles. The largest absolute Gasteiger partial charge is 0.573 e. The van der Waals surface area contributed by atoms with Crippen LogP contribution in [-0.4, -0.2) is 17.9 Å². The smallest absolute Gasteiger partial charge is 0.406 e. The molecule has 0 bridgehead atoms. The Kier molecular flexibility index (Phi) is 5.16. The van der Waals surface area contributed by atoms with Gasteiger partial charge in [0.1, 0.15) is 5.75 Å². The van der Waals surface area contributed by atoms with Gasteiger partial charge in [0.2, 0.25) is 0 Å². The van der Waals surface area contributed by atoms with E-state index in [1.807, 2.05) is 18.2 Å². The standard InChI is InChI=1S/C15H15F3N2O/c16-15(17,18)21-14-6-3-4-12(10-14)11-19-9-7-13-5-1-2-8-20-13/h1-6,8,10,19H,7,9,11H2. The average Bonchev–Trinajstić information content (AvgIpc) is 2.43. The van der Waals surface area contributed by atoms with E-state index >= 15 is 0 Å². The normalized spacial score (nSPS) is 11.4. The predicted octanol–water partition coefficient (Wildman–Crippen LogP) is 3.31. The molecule has 0 atom stereocenters. The summed E-state index contributed by atoms with van der Waals surface area (Å²) in [7, 11) is 0. The first-order chi connectivity index (χ1) is 10.0. The maximum Gasteiger partial charge on any atom is 0.573 e. The van der Waals surface area contributed by atoms with Crippen LogP contribution in [0.2, 0.25) is 0 Å². The maximum atomic E-state index is 12.1. The Morgan fingerprint density at radius 1 is 1.10 bits per heavy atom. The van der Waals surface area contributed by atoms with E-state index < -0.39 is 6.36 Å². The van der Waals surface area contributed by atoms with Crippen molar-refractivity contribution in [2.45, 2.75) is 19.3 Å². The number of hydrogen-bond acceptors (Lipinski definition) is 3. The fourth-order valence-corrected chi connectivity index (χ4v) is 1.85. The third-order valence-corrected chi connectivity index (χ3v) is 2.75. The van der Waals surface area contributed by atoms with Gasteiger partial charge < -0.3 is 10.1 Å². The highest BCUT2D eigenvalue weighted by Gasteiger charge is 2.31. The van der Waals surface area contributed by atoms with Gasteiger partial charge in [0.05, 0.1) is 0 Å². The minimum atomic E-state index is -4.66. The highest BCUT2D eigenvalue weighted by molar-refractivity contribution is 5.28. The maximum absolute atomic E-state index is 12.1. The van der Waals surface area contributed by atoms with E-state index in [1.54, 1.807) is 12.3 Å². The molecule has 2 rings (SSSR count). The van der Waals surface area contributed by atoms with E-state index in [9.17, 15) is 13.2 Å². The summed E-state index contributed by atoms with van der Waals surface area (Å²) in [6, 6.07) is 11.6. The lowest BCUT2D eigenvalue weighted by atomic mass is 10.2. The lowest BCUT2D eigenvalue weighted by molar-refractivity contribution is -0.274. The second-order valence-electron chi connectivity index (χ2n) is 4.44. The first-order valence-corrected chi connectivity index (χ1v) is 6.48. The van der Waals surface area contributed by atoms with Crippen molar-refractivity contribution in [1.29, 1.82) is 0 Å². The van der Waals surface area contributed by atoms with Crippen LogP contribution in [0.1, 0.15) is 11.3 Å². The van der Waals surface area contributed by atoms with E-state index in [4.69, 9.17) is 0 Å². The molecule has 6 heteroatoms. The molecule has 0 fully saturated rings. The fourth-order valence-electron chi connectivity index (χ4n) is 1.85. The van der Waals surface area contributed by atoms with Crippen LogP contribution in [0.25, 0.3) is 0 Å². The van der Waals surface area contributed by atoms with Gasteiger partial charge in [-0.25, -0.2) is 0 Å². The molecule has 3 nitrogen and oxygen atoms in total. The number of pyridine rings is 1. The number of rotatable bonds is 6. The zero-order chi connectivity index (χ0) is 15.1. The van der Waals surface area contributed by atoms with Crippen LogP contribution in [-0.2, 0) is 13.0 Å². The van der Waals surface area contributed by atoms with Crippen molar-refractivity contribution in [3.8, 4) is 5.75 Å². The lowest BCUT2D eigenvalue weighted by Crippen LogP contribution is -2.18. The molecule has 1 aromatic carbocycles. The average molecular weight is 296 g/mol. The molecule has 2 aromatic rings. The number of halogens is 3. The molecule has 0 saturated carbocycles. The number of nitrogens with zero attached hydrogens (tertiary/aromatic N) is 1. The molecule has 0 amide bonds. The van der Waals surface area contributed by atoms with Gasteiger partial charge >= 0.3 is 6.36 Å². The Morgan fingerprint density at radius 2 is 1.95 bits per heavy atom. The van der Waals surface area contributed by atoms with E-state index in [0.717, 1.165) is 17.7 Å². The van der Waals surface area contributed by atoms with Crippen LogP contribution in [0, 0.1) is 0 Å². The molecule has 0 aliphatic carbocycles. The van der Waals surface area contributed by atoms with Crippen molar-refractivity contribution >= 4 is 0 Å². The quantitative estimate of drug-likeness (QED) is 0.830. The van der Waals surface area contributed by atoms with Gasteiger partial charge in [-0.3, -0.25) is 4.98 Å². The van der Waals surface area contributed by atoms with Crippen molar-refractivity contribution in [3.63, 3.8) is 0 Å². The van der Waals surface area contributed by atoms with E-state index in [1.165, 1.54) is 18.2 Å². The molecule has 0 radical (unpaired) electrons. The molecule has 21 heavy (non-hydrogen) atoms. The summed E-state index contributed by atoms with van der Waals surface area (Å²) in [5, 5.41) is 3.16. The molecular weight excluding hydrogens is 281 g/mol. The van der Waals surface area contributed by atoms with E-state index in [2.05, 4.69) is 15.0 Å². The predicted molar refractivity (Wildman–Crippen MR) is 72.8 cm³/mol. The molecule has 0 aliphatic rings. The molecule has 0 unspecified atom stereocenters. The van der Waals surface area contributed by atoms with Crippen LogP contribution < -0.4 is 10.1 Å². The Bertz CT molecular complexity index is 558. The fraction of sp³-hybridized carbons (Fsp3) is 0.267. The molecule has 112 valence electrons. The second kappa shape index (κ2) is 7.08. The Morgan fingerprint density at radius 3 is 2.67 bits per heavy atom. The van der Waals surface area contributed by atoms with Crippen LogP contribution >= 0.6 is 0 Å². The van der Waals surface area contributed by atoms with E-state index in [-0.39, 0.29) is 5.75 Å². The Balaban J connectivity index is 1.79. The number of nitrogens with one attached hydrogen (secondary N) is 1. The van der Waals surface area contributed by atoms with Gasteiger partial charge in [-0.05, 0) is 29.8 Å². The Labute approximate surface area is 120 Å². The number of benzene rings is 1. The second-order valence-corrected chi connectivity index (χ2v) is 4.44. The van der Waals surface area contributed by atoms with Crippen LogP contribution in [0.3, 0.4) is 0 Å². The highest BCUT2D eigenvalue weighted by Crippen LogP contribution is 2.23. The molecule has 1 N–H and O–H groups in total. The minimum Gasteiger partial charge on any atom is -0.406 e. The monoisotopic (exact) mass is 296 g/mol. The summed E-state index contributed by atoms with van der Waals surface area (Å²) in [6.07, 6.45) is -2.17. The van der Waals surface area contributed by atoms with Crippen LogP contribution in [0.15, 0.2) is 48.7 Å². The SMILES string of the molecule is FC(F)(F)Oc1cccc(CNCCc2ccccn2)c1. The third-order valence-electron chi connectivity index (χ3n) is 2.75. The lowest BCUT2D eigenvalue weighted by Gasteiger charge is -2.10. The summed E-state index contributed by atoms with van der Waals surface area (Å²) in [5.41, 5.74) is 1.71. The minimum absolute atomic E-state index is 0.202. The molecule has 0 spiro atoms. The van der Waals surface area contributed by atoms with E-state index in [0.29, 0.717) is 13.1 Å². The zero-order valence-electron chi connectivity index (χ0n) is 11.2. The van der Waals surface area contributed by atoms with Gasteiger partial charge in [-0.15, -0.1) is 13.2 Å². The van der Waals surface area contributed by atoms with Gasteiger partial charge in [-0.1, -0.05) is 18.2 Å². The highest BCUT2D eigenvalue weighted by atomic mass is 19.4. The summed E-state index contributed by atoms with van der Waals surface area (Å²) < 4.78 is 40.2. The van der Waals surface area contributed by atoms with Crippen LogP contribution in [0.4, 0.5) is 13.2 Å². The number of ether oxygens (including phenoxy) is 1. The third kappa shape index (κ3) is 5.83. The molecule has 0 saturated heterocycles. The number of hydrogen-bond donors (Lipinski definition) is 1. The van der Waals surface area contributed by atoms with Gasteiger partial charge in [0.25, 0.3) is 0 Å². The Hall–Kier alpha value is -2.08. The summed E-state index contributed by atoms with van der Waals surface area (Å²) in [6.45, 7) is 1.17. The molecule has 0 aliphatic heterocycles. The zero-order valence-corrected chi connectivity index (χ0v) is 11.2. The van der Waals surface area contributed by atoms with Crippen molar-refractivity contribution in [1.82, 2.24) is 10.3 Å². The summed E-state index contributed by atoms with van der Waals surface area (Å²) in [5.74, 6) is -0.202. The molecule has 1 aromatic heterocycles. The van der Waals surface area contributed by atoms with Crippen molar-refractivity contribution < 1.29 is 17.9 Å². The topological polar surface area (TPSA) is 34.1 Å². The van der Waals surface area contributed by atoms with Gasteiger partial charge in [0, 0.05) is 31.4 Å². The summed E-state index contributed by atoms with van der Waals surface area (Å²) >= 11 is 0. The first kappa shape index (κ1) is 15.3. The van der Waals surface area contributed by atoms with Gasteiger partial charge in [-0.2, -0.15) is 0 Å².